The molecule has 2 rings (SSSR count). The van der Waals surface area contributed by atoms with E-state index in [0.29, 0.717) is 12.5 Å². The maximum atomic E-state index is 5.99. The van der Waals surface area contributed by atoms with Gasteiger partial charge in [0.2, 0.25) is 0 Å². The quantitative estimate of drug-likeness (QED) is 0.888. The van der Waals surface area contributed by atoms with Gasteiger partial charge in [-0.15, -0.1) is 0 Å². The second-order valence-electron chi connectivity index (χ2n) is 5.01. The molecule has 0 bridgehead atoms. The Morgan fingerprint density at radius 3 is 2.75 bits per heavy atom. The van der Waals surface area contributed by atoms with Crippen molar-refractivity contribution < 1.29 is 4.74 Å². The molecule has 0 saturated heterocycles. The zero-order chi connectivity index (χ0) is 14.5. The Bertz CT molecular complexity index is 584. The molecule has 0 spiro atoms. The number of nitrogens with two attached hydrogens (primary N) is 1. The lowest BCUT2D eigenvalue weighted by Gasteiger charge is -2.14. The number of nitrogens with zero attached hydrogens (tertiary/aromatic N) is 1. The number of ether oxygens (including phenoxy) is 1. The Morgan fingerprint density at radius 1 is 1.25 bits per heavy atom. The zero-order valence-electron chi connectivity index (χ0n) is 11.8. The maximum Gasteiger partial charge on any atom is 0.145 e. The largest absolute Gasteiger partial charge is 0.455 e. The SMILES string of the molecule is CC(C)c1cc(Br)ccc1Oc1cncc(CCN)c1. The number of aromatic nitrogens is 1. The second-order valence-corrected chi connectivity index (χ2v) is 5.92. The number of hydrogen-bond donors (Lipinski definition) is 1. The van der Waals surface area contributed by atoms with E-state index in [1.165, 1.54) is 5.56 Å². The highest BCUT2D eigenvalue weighted by molar-refractivity contribution is 9.10. The van der Waals surface area contributed by atoms with E-state index in [4.69, 9.17) is 10.5 Å². The predicted octanol–water partition coefficient (Wildman–Crippen LogP) is 4.26. The van der Waals surface area contributed by atoms with Crippen LogP contribution in [0, 0.1) is 0 Å². The smallest absolute Gasteiger partial charge is 0.145 e. The lowest BCUT2D eigenvalue weighted by molar-refractivity contribution is 0.470. The predicted molar refractivity (Wildman–Crippen MR) is 85.3 cm³/mol. The fraction of sp³-hybridized carbons (Fsp3) is 0.312. The second kappa shape index (κ2) is 6.86. The van der Waals surface area contributed by atoms with E-state index in [2.05, 4.69) is 40.8 Å². The Morgan fingerprint density at radius 2 is 2.05 bits per heavy atom. The molecule has 2 aromatic rings. The summed E-state index contributed by atoms with van der Waals surface area (Å²) in [5, 5.41) is 0. The minimum atomic E-state index is 0.391. The number of pyridine rings is 1. The third kappa shape index (κ3) is 3.81. The molecule has 106 valence electrons. The van der Waals surface area contributed by atoms with E-state index in [9.17, 15) is 0 Å². The minimum Gasteiger partial charge on any atom is -0.455 e. The van der Waals surface area contributed by atoms with Crippen LogP contribution in [-0.2, 0) is 6.42 Å². The number of benzene rings is 1. The van der Waals surface area contributed by atoms with Gasteiger partial charge in [-0.05, 0) is 54.3 Å². The Labute approximate surface area is 128 Å². The number of rotatable bonds is 5. The van der Waals surface area contributed by atoms with Crippen LogP contribution >= 0.6 is 15.9 Å². The van der Waals surface area contributed by atoms with Crippen molar-refractivity contribution >= 4 is 15.9 Å². The number of hydrogen-bond acceptors (Lipinski definition) is 3. The van der Waals surface area contributed by atoms with E-state index in [1.54, 1.807) is 6.20 Å². The van der Waals surface area contributed by atoms with Crippen molar-refractivity contribution in [3.05, 3.63) is 52.3 Å². The van der Waals surface area contributed by atoms with E-state index >= 15 is 0 Å². The van der Waals surface area contributed by atoms with Gasteiger partial charge in [-0.3, -0.25) is 4.98 Å². The highest BCUT2D eigenvalue weighted by atomic mass is 79.9. The average Bonchev–Trinajstić information content (AvgIpc) is 2.41. The Hall–Kier alpha value is -1.39. The molecule has 0 atom stereocenters. The molecule has 1 heterocycles. The van der Waals surface area contributed by atoms with Crippen LogP contribution in [0.3, 0.4) is 0 Å². The molecule has 1 aromatic heterocycles. The van der Waals surface area contributed by atoms with Crippen LogP contribution in [0.25, 0.3) is 0 Å². The van der Waals surface area contributed by atoms with Gasteiger partial charge in [0.25, 0.3) is 0 Å². The van der Waals surface area contributed by atoms with Crippen LogP contribution in [0.15, 0.2) is 41.1 Å². The van der Waals surface area contributed by atoms with Crippen molar-refractivity contribution in [3.8, 4) is 11.5 Å². The van der Waals surface area contributed by atoms with Crippen LogP contribution in [0.1, 0.15) is 30.9 Å². The standard InChI is InChI=1S/C16H19BrN2O/c1-11(2)15-8-13(17)3-4-16(15)20-14-7-12(5-6-18)9-19-10-14/h3-4,7-11H,5-6,18H2,1-2H3. The van der Waals surface area contributed by atoms with Crippen LogP contribution in [0.4, 0.5) is 0 Å². The molecule has 0 aliphatic heterocycles. The first-order chi connectivity index (χ1) is 9.60. The molecule has 0 radical (unpaired) electrons. The summed E-state index contributed by atoms with van der Waals surface area (Å²) in [6.07, 6.45) is 4.36. The number of halogens is 1. The van der Waals surface area contributed by atoms with E-state index < -0.39 is 0 Å². The summed E-state index contributed by atoms with van der Waals surface area (Å²) in [4.78, 5) is 4.20. The molecule has 0 unspecified atom stereocenters. The van der Waals surface area contributed by atoms with Gasteiger partial charge >= 0.3 is 0 Å². The van der Waals surface area contributed by atoms with Crippen molar-refractivity contribution in [2.75, 3.05) is 6.54 Å². The summed E-state index contributed by atoms with van der Waals surface area (Å²) >= 11 is 3.50. The van der Waals surface area contributed by atoms with Gasteiger partial charge in [-0.2, -0.15) is 0 Å². The molecule has 0 amide bonds. The summed E-state index contributed by atoms with van der Waals surface area (Å²) < 4.78 is 7.05. The summed E-state index contributed by atoms with van der Waals surface area (Å²) in [7, 11) is 0. The molecule has 0 aliphatic carbocycles. The highest BCUT2D eigenvalue weighted by Crippen LogP contribution is 2.32. The summed E-state index contributed by atoms with van der Waals surface area (Å²) in [6, 6.07) is 8.05. The first-order valence-corrected chi connectivity index (χ1v) is 7.50. The van der Waals surface area contributed by atoms with Crippen molar-refractivity contribution in [1.29, 1.82) is 0 Å². The molecule has 20 heavy (non-hydrogen) atoms. The average molecular weight is 335 g/mol. The fourth-order valence-corrected chi connectivity index (χ4v) is 2.39. The molecule has 2 N–H and O–H groups in total. The van der Waals surface area contributed by atoms with E-state index in [0.717, 1.165) is 28.0 Å². The van der Waals surface area contributed by atoms with E-state index in [-0.39, 0.29) is 0 Å². The third-order valence-corrected chi connectivity index (χ3v) is 3.52. The van der Waals surface area contributed by atoms with Crippen molar-refractivity contribution in [2.24, 2.45) is 5.73 Å². The van der Waals surface area contributed by atoms with Crippen LogP contribution in [0.5, 0.6) is 11.5 Å². The van der Waals surface area contributed by atoms with Crippen molar-refractivity contribution in [2.45, 2.75) is 26.2 Å². The van der Waals surface area contributed by atoms with Gasteiger partial charge in [-0.1, -0.05) is 29.8 Å². The van der Waals surface area contributed by atoms with Crippen molar-refractivity contribution in [3.63, 3.8) is 0 Å². The molecule has 3 nitrogen and oxygen atoms in total. The lowest BCUT2D eigenvalue weighted by Crippen LogP contribution is -2.03. The van der Waals surface area contributed by atoms with Crippen LogP contribution in [-0.4, -0.2) is 11.5 Å². The van der Waals surface area contributed by atoms with Crippen LogP contribution < -0.4 is 10.5 Å². The summed E-state index contributed by atoms with van der Waals surface area (Å²) in [5.41, 5.74) is 7.83. The summed E-state index contributed by atoms with van der Waals surface area (Å²) in [5.74, 6) is 2.01. The lowest BCUT2D eigenvalue weighted by atomic mass is 10.0. The van der Waals surface area contributed by atoms with Gasteiger partial charge < -0.3 is 10.5 Å². The molecule has 0 aliphatic rings. The molecular formula is C16H19BrN2O. The molecule has 1 aromatic carbocycles. The molecule has 0 fully saturated rings. The van der Waals surface area contributed by atoms with Gasteiger partial charge in [0.15, 0.2) is 0 Å². The topological polar surface area (TPSA) is 48.1 Å². The fourth-order valence-electron chi connectivity index (χ4n) is 2.01. The van der Waals surface area contributed by atoms with Gasteiger partial charge in [0.1, 0.15) is 11.5 Å². The summed E-state index contributed by atoms with van der Waals surface area (Å²) in [6.45, 7) is 4.91. The zero-order valence-corrected chi connectivity index (χ0v) is 13.4. The van der Waals surface area contributed by atoms with Crippen LogP contribution in [0.2, 0.25) is 0 Å². The van der Waals surface area contributed by atoms with Gasteiger partial charge in [0.05, 0.1) is 6.20 Å². The Kier molecular flexibility index (Phi) is 5.15. The molecule has 4 heteroatoms. The maximum absolute atomic E-state index is 5.99. The normalized spacial score (nSPS) is 10.8. The Balaban J connectivity index is 2.27. The van der Waals surface area contributed by atoms with Gasteiger partial charge in [0, 0.05) is 10.7 Å². The molecular weight excluding hydrogens is 316 g/mol. The minimum absolute atomic E-state index is 0.391. The molecule has 0 saturated carbocycles. The van der Waals surface area contributed by atoms with Crippen molar-refractivity contribution in [1.82, 2.24) is 4.98 Å². The monoisotopic (exact) mass is 334 g/mol. The highest BCUT2D eigenvalue weighted by Gasteiger charge is 2.10. The first-order valence-electron chi connectivity index (χ1n) is 6.71. The first kappa shape index (κ1) is 15.0. The van der Waals surface area contributed by atoms with E-state index in [1.807, 2.05) is 24.4 Å². The third-order valence-electron chi connectivity index (χ3n) is 3.02. The van der Waals surface area contributed by atoms with Gasteiger partial charge in [-0.25, -0.2) is 0 Å².